The van der Waals surface area contributed by atoms with Gasteiger partial charge in [0, 0.05) is 13.0 Å². The summed E-state index contributed by atoms with van der Waals surface area (Å²) < 4.78 is 0.840. The predicted molar refractivity (Wildman–Crippen MR) is 100 cm³/mol. The molecule has 0 radical (unpaired) electrons. The second-order valence-electron chi connectivity index (χ2n) is 7.74. The second kappa shape index (κ2) is 9.56. The van der Waals surface area contributed by atoms with Crippen molar-refractivity contribution in [3.63, 3.8) is 0 Å². The van der Waals surface area contributed by atoms with Crippen LogP contribution in [0.3, 0.4) is 0 Å². The van der Waals surface area contributed by atoms with Crippen molar-refractivity contribution >= 4 is 11.9 Å². The van der Waals surface area contributed by atoms with Gasteiger partial charge in [-0.25, -0.2) is 0 Å². The highest BCUT2D eigenvalue weighted by atomic mass is 16.4. The molecule has 140 valence electrons. The fourth-order valence-corrected chi connectivity index (χ4v) is 3.19. The first-order valence-electron chi connectivity index (χ1n) is 9.03. The average molecular weight is 349 g/mol. The molecule has 25 heavy (non-hydrogen) atoms. The van der Waals surface area contributed by atoms with Gasteiger partial charge in [-0.1, -0.05) is 44.2 Å². The second-order valence-corrected chi connectivity index (χ2v) is 7.74. The van der Waals surface area contributed by atoms with Crippen molar-refractivity contribution < 1.29 is 19.2 Å². The Morgan fingerprint density at radius 2 is 1.76 bits per heavy atom. The molecule has 2 N–H and O–H groups in total. The van der Waals surface area contributed by atoms with Gasteiger partial charge in [-0.3, -0.25) is 9.59 Å². The molecule has 1 aromatic carbocycles. The number of carboxylic acids is 1. The van der Waals surface area contributed by atoms with E-state index in [1.54, 1.807) is 6.92 Å². The monoisotopic (exact) mass is 349 g/mol. The SMILES string of the molecule is CCC(c1ccccc1)C(C(=O)NCCC[N+](C)(C)C)C(C)C(=O)O. The molecular weight excluding hydrogens is 316 g/mol. The molecule has 1 aromatic rings. The molecule has 0 fully saturated rings. The number of hydrogen-bond acceptors (Lipinski definition) is 2. The number of rotatable bonds is 10. The van der Waals surface area contributed by atoms with E-state index in [0.29, 0.717) is 6.54 Å². The van der Waals surface area contributed by atoms with E-state index in [4.69, 9.17) is 0 Å². The van der Waals surface area contributed by atoms with Gasteiger partial charge in [-0.2, -0.15) is 0 Å². The number of carbonyl (C=O) groups is 2. The van der Waals surface area contributed by atoms with Crippen molar-refractivity contribution in [1.29, 1.82) is 0 Å². The Labute approximate surface area is 151 Å². The van der Waals surface area contributed by atoms with Crippen LogP contribution in [-0.4, -0.2) is 55.7 Å². The Morgan fingerprint density at radius 1 is 1.16 bits per heavy atom. The zero-order valence-electron chi connectivity index (χ0n) is 16.2. The van der Waals surface area contributed by atoms with Gasteiger partial charge in [-0.05, 0) is 17.9 Å². The zero-order chi connectivity index (χ0) is 19.0. The van der Waals surface area contributed by atoms with Crippen molar-refractivity contribution in [3.8, 4) is 0 Å². The number of carbonyl (C=O) groups excluding carboxylic acids is 1. The highest BCUT2D eigenvalue weighted by molar-refractivity contribution is 5.85. The van der Waals surface area contributed by atoms with Crippen molar-refractivity contribution in [2.75, 3.05) is 34.2 Å². The summed E-state index contributed by atoms with van der Waals surface area (Å²) in [5.74, 6) is -2.50. The third-order valence-electron chi connectivity index (χ3n) is 4.64. The van der Waals surface area contributed by atoms with Crippen LogP contribution in [0.2, 0.25) is 0 Å². The van der Waals surface area contributed by atoms with Gasteiger partial charge in [0.25, 0.3) is 0 Å². The third kappa shape index (κ3) is 6.86. The molecule has 5 heteroatoms. The number of nitrogens with one attached hydrogen (secondary N) is 1. The van der Waals surface area contributed by atoms with Crippen LogP contribution in [0.5, 0.6) is 0 Å². The molecule has 0 aliphatic heterocycles. The third-order valence-corrected chi connectivity index (χ3v) is 4.64. The minimum Gasteiger partial charge on any atom is -0.481 e. The van der Waals surface area contributed by atoms with Gasteiger partial charge in [0.15, 0.2) is 0 Å². The number of benzene rings is 1. The van der Waals surface area contributed by atoms with Crippen LogP contribution in [0.4, 0.5) is 0 Å². The normalized spacial score (nSPS) is 15.2. The topological polar surface area (TPSA) is 66.4 Å². The lowest BCUT2D eigenvalue weighted by atomic mass is 9.76. The van der Waals surface area contributed by atoms with Crippen molar-refractivity contribution in [2.45, 2.75) is 32.6 Å². The molecule has 3 atom stereocenters. The molecule has 0 aromatic heterocycles. The number of hydrogen-bond donors (Lipinski definition) is 2. The number of aliphatic carboxylic acids is 1. The summed E-state index contributed by atoms with van der Waals surface area (Å²) in [4.78, 5) is 24.4. The fraction of sp³-hybridized carbons (Fsp3) is 0.600. The molecule has 0 saturated carbocycles. The first kappa shape index (κ1) is 21.2. The van der Waals surface area contributed by atoms with E-state index in [1.807, 2.05) is 37.3 Å². The minimum atomic E-state index is -0.930. The van der Waals surface area contributed by atoms with E-state index in [-0.39, 0.29) is 11.8 Å². The Kier molecular flexibility index (Phi) is 8.10. The number of nitrogens with zero attached hydrogens (tertiary/aromatic N) is 1. The van der Waals surface area contributed by atoms with Crippen LogP contribution in [0.25, 0.3) is 0 Å². The smallest absolute Gasteiger partial charge is 0.307 e. The van der Waals surface area contributed by atoms with Crippen LogP contribution < -0.4 is 5.32 Å². The van der Waals surface area contributed by atoms with Gasteiger partial charge in [0.05, 0.1) is 39.5 Å². The molecule has 3 unspecified atom stereocenters. The standard InChI is InChI=1S/C20H32N2O3/c1-6-17(16-11-8-7-9-12-16)18(15(2)20(24)25)19(23)21-13-10-14-22(3,4)5/h7-9,11-12,15,17-18H,6,10,13-14H2,1-5H3,(H-,21,23,24,25)/p+1. The molecule has 0 bridgehead atoms. The lowest BCUT2D eigenvalue weighted by Crippen LogP contribution is -2.42. The zero-order valence-corrected chi connectivity index (χ0v) is 16.2. The van der Waals surface area contributed by atoms with E-state index in [2.05, 4.69) is 26.5 Å². The first-order chi connectivity index (χ1) is 11.7. The van der Waals surface area contributed by atoms with E-state index < -0.39 is 17.8 Å². The Balaban J connectivity index is 2.88. The summed E-state index contributed by atoms with van der Waals surface area (Å²) in [6.45, 7) is 5.16. The van der Waals surface area contributed by atoms with Crippen LogP contribution in [0, 0.1) is 11.8 Å². The van der Waals surface area contributed by atoms with Gasteiger partial charge in [0.2, 0.25) is 5.91 Å². The largest absolute Gasteiger partial charge is 0.481 e. The number of carboxylic acid groups (broad SMARTS) is 1. The van der Waals surface area contributed by atoms with Crippen LogP contribution >= 0.6 is 0 Å². The average Bonchev–Trinajstić information content (AvgIpc) is 2.55. The van der Waals surface area contributed by atoms with Gasteiger partial charge in [0.1, 0.15) is 0 Å². The van der Waals surface area contributed by atoms with E-state index in [9.17, 15) is 14.7 Å². The van der Waals surface area contributed by atoms with Crippen LogP contribution in [0.15, 0.2) is 30.3 Å². The predicted octanol–water partition coefficient (Wildman–Crippen LogP) is 2.73. The Bertz CT molecular complexity index is 552. The Hall–Kier alpha value is -1.88. The number of quaternary nitrogens is 1. The maximum absolute atomic E-state index is 12.8. The molecule has 0 aliphatic carbocycles. The maximum atomic E-state index is 12.8. The molecular formula is C20H33N2O3+. The van der Waals surface area contributed by atoms with Crippen LogP contribution in [-0.2, 0) is 9.59 Å². The summed E-state index contributed by atoms with van der Waals surface area (Å²) in [5, 5.41) is 12.5. The quantitative estimate of drug-likeness (QED) is 0.504. The van der Waals surface area contributed by atoms with Gasteiger partial charge in [-0.15, -0.1) is 0 Å². The summed E-state index contributed by atoms with van der Waals surface area (Å²) >= 11 is 0. The number of amides is 1. The van der Waals surface area contributed by atoms with Gasteiger partial charge >= 0.3 is 5.97 Å². The first-order valence-corrected chi connectivity index (χ1v) is 9.03. The molecule has 0 aliphatic rings. The molecule has 0 spiro atoms. The summed E-state index contributed by atoms with van der Waals surface area (Å²) in [5.41, 5.74) is 1.02. The summed E-state index contributed by atoms with van der Waals surface area (Å²) in [7, 11) is 6.33. The maximum Gasteiger partial charge on any atom is 0.307 e. The highest BCUT2D eigenvalue weighted by Crippen LogP contribution is 2.33. The van der Waals surface area contributed by atoms with Crippen molar-refractivity contribution in [2.24, 2.45) is 11.8 Å². The van der Waals surface area contributed by atoms with Crippen molar-refractivity contribution in [3.05, 3.63) is 35.9 Å². The molecule has 1 rings (SSSR count). The Morgan fingerprint density at radius 3 is 2.24 bits per heavy atom. The lowest BCUT2D eigenvalue weighted by molar-refractivity contribution is -0.870. The molecule has 1 amide bonds. The molecule has 0 heterocycles. The van der Waals surface area contributed by atoms with E-state index >= 15 is 0 Å². The van der Waals surface area contributed by atoms with Crippen molar-refractivity contribution in [1.82, 2.24) is 5.32 Å². The summed E-state index contributed by atoms with van der Waals surface area (Å²) in [6, 6.07) is 9.73. The molecule has 0 saturated heterocycles. The summed E-state index contributed by atoms with van der Waals surface area (Å²) in [6.07, 6.45) is 1.59. The minimum absolute atomic E-state index is 0.106. The highest BCUT2D eigenvalue weighted by Gasteiger charge is 2.36. The van der Waals surface area contributed by atoms with E-state index in [0.717, 1.165) is 29.4 Å². The molecule has 5 nitrogen and oxygen atoms in total. The fourth-order valence-electron chi connectivity index (χ4n) is 3.19. The van der Waals surface area contributed by atoms with E-state index in [1.165, 1.54) is 0 Å². The van der Waals surface area contributed by atoms with Gasteiger partial charge < -0.3 is 14.9 Å². The lowest BCUT2D eigenvalue weighted by Gasteiger charge is -2.29. The van der Waals surface area contributed by atoms with Crippen LogP contribution in [0.1, 0.15) is 38.2 Å².